The highest BCUT2D eigenvalue weighted by Gasteiger charge is 2.14. The number of nitrogens with one attached hydrogen (secondary N) is 1. The quantitative estimate of drug-likeness (QED) is 0.439. The summed E-state index contributed by atoms with van der Waals surface area (Å²) in [5.74, 6) is 0.152. The topological polar surface area (TPSA) is 77.1 Å². The molecule has 2 aromatic rings. The molecule has 0 atom stereocenters. The third-order valence-electron chi connectivity index (χ3n) is 4.79. The van der Waals surface area contributed by atoms with Crippen molar-refractivity contribution in [2.45, 2.75) is 13.8 Å². The van der Waals surface area contributed by atoms with Gasteiger partial charge in [0, 0.05) is 23.7 Å². The van der Waals surface area contributed by atoms with Gasteiger partial charge in [0.25, 0.3) is 5.91 Å². The molecule has 166 valence electrons. The zero-order valence-corrected chi connectivity index (χ0v) is 18.5. The molecule has 0 heterocycles. The van der Waals surface area contributed by atoms with E-state index in [0.717, 1.165) is 13.1 Å². The van der Waals surface area contributed by atoms with Gasteiger partial charge in [-0.05, 0) is 43.4 Å². The lowest BCUT2D eigenvalue weighted by Gasteiger charge is -2.17. The molecule has 0 radical (unpaired) electrons. The molecule has 31 heavy (non-hydrogen) atoms. The summed E-state index contributed by atoms with van der Waals surface area (Å²) in [5, 5.41) is 2.81. The van der Waals surface area contributed by atoms with Crippen molar-refractivity contribution in [3.63, 3.8) is 0 Å². The lowest BCUT2D eigenvalue weighted by Crippen LogP contribution is -2.28. The molecule has 7 heteroatoms. The number of hydrogen-bond acceptors (Lipinski definition) is 6. The van der Waals surface area contributed by atoms with Gasteiger partial charge >= 0.3 is 5.97 Å². The minimum absolute atomic E-state index is 0.267. The molecule has 7 nitrogen and oxygen atoms in total. The Hall–Kier alpha value is -3.32. The van der Waals surface area contributed by atoms with Crippen molar-refractivity contribution in [2.24, 2.45) is 0 Å². The molecule has 1 N–H and O–H groups in total. The maximum Gasteiger partial charge on any atom is 0.332 e. The van der Waals surface area contributed by atoms with Crippen LogP contribution in [0.25, 0.3) is 5.70 Å². The van der Waals surface area contributed by atoms with E-state index in [1.54, 1.807) is 49.6 Å². The Kier molecular flexibility index (Phi) is 9.58. The Labute approximate surface area is 183 Å². The minimum atomic E-state index is -0.537. The number of benzene rings is 2. The number of likely N-dealkylation sites (N-methyl/N-ethyl adjacent to an activating group) is 1. The van der Waals surface area contributed by atoms with Gasteiger partial charge in [-0.2, -0.15) is 0 Å². The highest BCUT2D eigenvalue weighted by atomic mass is 16.5. The van der Waals surface area contributed by atoms with Crippen LogP contribution in [0.1, 0.15) is 29.8 Å². The summed E-state index contributed by atoms with van der Waals surface area (Å²) in [4.78, 5) is 27.3. The predicted octanol–water partition coefficient (Wildman–Crippen LogP) is 3.36. The lowest BCUT2D eigenvalue weighted by molar-refractivity contribution is -0.138. The highest BCUT2D eigenvalue weighted by molar-refractivity contribution is 6.02. The average Bonchev–Trinajstić information content (AvgIpc) is 2.81. The Bertz CT molecular complexity index is 892. The highest BCUT2D eigenvalue weighted by Crippen LogP contribution is 2.30. The number of carbonyl (C=O) groups excluding carboxylic acids is 2. The minimum Gasteiger partial charge on any atom is -0.493 e. The van der Waals surface area contributed by atoms with Crippen molar-refractivity contribution in [3.05, 3.63) is 65.7 Å². The average molecular weight is 427 g/mol. The number of rotatable bonds is 11. The summed E-state index contributed by atoms with van der Waals surface area (Å²) in [7, 11) is 3.06. The molecule has 2 aromatic carbocycles. The number of carbonyl (C=O) groups is 2. The van der Waals surface area contributed by atoms with Gasteiger partial charge in [0.2, 0.25) is 0 Å². The van der Waals surface area contributed by atoms with Gasteiger partial charge in [0.15, 0.2) is 11.5 Å². The van der Waals surface area contributed by atoms with Gasteiger partial charge in [-0.1, -0.05) is 32.0 Å². The van der Waals surface area contributed by atoms with E-state index >= 15 is 0 Å². The second-order valence-corrected chi connectivity index (χ2v) is 6.64. The zero-order valence-electron chi connectivity index (χ0n) is 18.5. The summed E-state index contributed by atoms with van der Waals surface area (Å²) in [6.45, 7) is 6.79. The second kappa shape index (κ2) is 12.4. The van der Waals surface area contributed by atoms with Crippen molar-refractivity contribution in [1.29, 1.82) is 0 Å². The Balaban J connectivity index is 2.26. The number of ether oxygens (including phenoxy) is 3. The third kappa shape index (κ3) is 7.15. The first-order chi connectivity index (χ1) is 15.0. The molecule has 0 aliphatic heterocycles. The molecule has 0 saturated heterocycles. The van der Waals surface area contributed by atoms with Crippen LogP contribution in [0.2, 0.25) is 0 Å². The van der Waals surface area contributed by atoms with Crippen LogP contribution < -0.4 is 14.8 Å². The van der Waals surface area contributed by atoms with E-state index < -0.39 is 5.97 Å². The number of nitrogens with zero attached hydrogens (tertiary/aromatic N) is 1. The van der Waals surface area contributed by atoms with Gasteiger partial charge in [-0.25, -0.2) is 4.79 Å². The van der Waals surface area contributed by atoms with Gasteiger partial charge in [-0.3, -0.25) is 4.79 Å². The van der Waals surface area contributed by atoms with E-state index in [-0.39, 0.29) is 12.5 Å². The molecule has 0 fully saturated rings. The van der Waals surface area contributed by atoms with Crippen molar-refractivity contribution in [1.82, 2.24) is 10.2 Å². The van der Waals surface area contributed by atoms with Gasteiger partial charge in [-0.15, -0.1) is 0 Å². The number of amides is 1. The van der Waals surface area contributed by atoms with E-state index in [0.29, 0.717) is 34.9 Å². The molecule has 0 unspecified atom stereocenters. The van der Waals surface area contributed by atoms with E-state index in [4.69, 9.17) is 14.2 Å². The van der Waals surface area contributed by atoms with E-state index in [2.05, 4.69) is 24.1 Å². The maximum absolute atomic E-state index is 12.7. The summed E-state index contributed by atoms with van der Waals surface area (Å²) in [6, 6.07) is 13.9. The van der Waals surface area contributed by atoms with Crippen molar-refractivity contribution < 1.29 is 23.8 Å². The molecule has 0 spiro atoms. The van der Waals surface area contributed by atoms with Crippen molar-refractivity contribution in [3.8, 4) is 11.5 Å². The van der Waals surface area contributed by atoms with Gasteiger partial charge < -0.3 is 24.4 Å². The molecule has 0 aliphatic carbocycles. The fourth-order valence-electron chi connectivity index (χ4n) is 2.95. The molecule has 1 amide bonds. The monoisotopic (exact) mass is 426 g/mol. The SMILES string of the molecule is CCN(CC)CCOC(=O)/C=C(\NC(=O)c1ccccc1)c1ccc(OC)c(OC)c1. The molecule has 0 saturated carbocycles. The Morgan fingerprint density at radius 2 is 1.61 bits per heavy atom. The number of methoxy groups -OCH3 is 2. The number of hydrogen-bond donors (Lipinski definition) is 1. The van der Waals surface area contributed by atoms with Crippen molar-refractivity contribution >= 4 is 17.6 Å². The first-order valence-electron chi connectivity index (χ1n) is 10.2. The van der Waals surface area contributed by atoms with Crippen LogP contribution in [0, 0.1) is 0 Å². The van der Waals surface area contributed by atoms with E-state index in [9.17, 15) is 9.59 Å². The summed E-state index contributed by atoms with van der Waals surface area (Å²) in [5.41, 5.74) is 1.37. The smallest absolute Gasteiger partial charge is 0.332 e. The summed E-state index contributed by atoms with van der Waals surface area (Å²) in [6.07, 6.45) is 1.28. The lowest BCUT2D eigenvalue weighted by atomic mass is 10.1. The van der Waals surface area contributed by atoms with Gasteiger partial charge in [0.05, 0.1) is 19.9 Å². The predicted molar refractivity (Wildman–Crippen MR) is 120 cm³/mol. The van der Waals surface area contributed by atoms with Crippen LogP contribution >= 0.6 is 0 Å². The normalized spacial score (nSPS) is 11.2. The first-order valence-corrected chi connectivity index (χ1v) is 10.2. The molecule has 0 aromatic heterocycles. The van der Waals surface area contributed by atoms with Crippen LogP contribution in [0.4, 0.5) is 0 Å². The second-order valence-electron chi connectivity index (χ2n) is 6.64. The Morgan fingerprint density at radius 3 is 2.23 bits per heavy atom. The fourth-order valence-corrected chi connectivity index (χ4v) is 2.95. The van der Waals surface area contributed by atoms with Gasteiger partial charge in [0.1, 0.15) is 6.61 Å². The maximum atomic E-state index is 12.7. The molecule has 0 aliphatic rings. The summed E-state index contributed by atoms with van der Waals surface area (Å²) >= 11 is 0. The third-order valence-corrected chi connectivity index (χ3v) is 4.79. The first kappa shape index (κ1) is 24.0. The van der Waals surface area contributed by atoms with E-state index in [1.807, 2.05) is 6.07 Å². The van der Waals surface area contributed by atoms with E-state index in [1.165, 1.54) is 13.2 Å². The van der Waals surface area contributed by atoms with Crippen LogP contribution in [0.3, 0.4) is 0 Å². The zero-order chi connectivity index (χ0) is 22.6. The molecular weight excluding hydrogens is 396 g/mol. The van der Waals surface area contributed by atoms with Crippen molar-refractivity contribution in [2.75, 3.05) is 40.5 Å². The standard InChI is InChI=1S/C24H30N2O5/c1-5-26(6-2)14-15-31-23(27)17-20(25-24(28)18-10-8-7-9-11-18)19-12-13-21(29-3)22(16-19)30-4/h7-13,16-17H,5-6,14-15H2,1-4H3,(H,25,28)/b20-17-. The molecular formula is C24H30N2O5. The van der Waals surface area contributed by atoms with Crippen LogP contribution in [-0.4, -0.2) is 57.2 Å². The Morgan fingerprint density at radius 1 is 0.935 bits per heavy atom. The number of esters is 1. The molecule has 0 bridgehead atoms. The van der Waals surface area contributed by atoms with Crippen LogP contribution in [-0.2, 0) is 9.53 Å². The largest absolute Gasteiger partial charge is 0.493 e. The summed E-state index contributed by atoms with van der Waals surface area (Å²) < 4.78 is 16.0. The molecule has 2 rings (SSSR count). The van der Waals surface area contributed by atoms with Crippen LogP contribution in [0.15, 0.2) is 54.6 Å². The van der Waals surface area contributed by atoms with Crippen LogP contribution in [0.5, 0.6) is 11.5 Å². The fraction of sp³-hybridized carbons (Fsp3) is 0.333.